The van der Waals surface area contributed by atoms with Gasteiger partial charge in [-0.05, 0) is 25.1 Å². The van der Waals surface area contributed by atoms with Crippen molar-refractivity contribution < 1.29 is 24.1 Å². The van der Waals surface area contributed by atoms with E-state index < -0.39 is 24.0 Å². The lowest BCUT2D eigenvalue weighted by atomic mass is 10.0. The quantitative estimate of drug-likeness (QED) is 0.805. The Bertz CT molecular complexity index is 425. The van der Waals surface area contributed by atoms with E-state index in [1.54, 1.807) is 6.92 Å². The number of esters is 1. The van der Waals surface area contributed by atoms with Crippen LogP contribution in [-0.2, 0) is 9.53 Å². The zero-order valence-corrected chi connectivity index (χ0v) is 10.5. The average molecular weight is 277 g/mol. The van der Waals surface area contributed by atoms with Crippen LogP contribution >= 0.6 is 11.6 Å². The van der Waals surface area contributed by atoms with Crippen molar-refractivity contribution >= 4 is 17.6 Å². The Balaban J connectivity index is 2.76. The van der Waals surface area contributed by atoms with Gasteiger partial charge in [0, 0.05) is 10.6 Å². The highest BCUT2D eigenvalue weighted by atomic mass is 35.5. The summed E-state index contributed by atoms with van der Waals surface area (Å²) in [7, 11) is 0. The molecule has 0 amide bonds. The van der Waals surface area contributed by atoms with Crippen molar-refractivity contribution in [2.75, 3.05) is 6.61 Å². The third-order valence-corrected chi connectivity index (χ3v) is 2.67. The van der Waals surface area contributed by atoms with Gasteiger partial charge in [0.2, 0.25) is 0 Å². The maximum Gasteiger partial charge on any atom is 0.308 e. The molecule has 0 heterocycles. The van der Waals surface area contributed by atoms with Crippen LogP contribution in [0.15, 0.2) is 18.2 Å². The third kappa shape index (κ3) is 3.94. The minimum Gasteiger partial charge on any atom is -0.466 e. The van der Waals surface area contributed by atoms with E-state index in [0.29, 0.717) is 0 Å². The molecule has 0 aliphatic rings. The summed E-state index contributed by atoms with van der Waals surface area (Å²) in [5.41, 5.74) is 0.0356. The van der Waals surface area contributed by atoms with Gasteiger partial charge in [-0.3, -0.25) is 4.79 Å². The maximum atomic E-state index is 13.0. The van der Waals surface area contributed by atoms with E-state index in [0.717, 1.165) is 12.1 Å². The maximum absolute atomic E-state index is 13.0. The van der Waals surface area contributed by atoms with Crippen molar-refractivity contribution in [1.29, 1.82) is 0 Å². The molecule has 2 unspecified atom stereocenters. The van der Waals surface area contributed by atoms with Gasteiger partial charge < -0.3 is 14.9 Å². The predicted molar refractivity (Wildman–Crippen MR) is 63.6 cm³/mol. The highest BCUT2D eigenvalue weighted by molar-refractivity contribution is 6.31. The average Bonchev–Trinajstić information content (AvgIpc) is 2.31. The zero-order chi connectivity index (χ0) is 13.7. The SMILES string of the molecule is CCOC(=O)CC(O)C(O)c1cc(F)ccc1Cl. The second-order valence-electron chi connectivity index (χ2n) is 3.69. The Hall–Kier alpha value is -1.17. The molecular weight excluding hydrogens is 263 g/mol. The lowest BCUT2D eigenvalue weighted by Gasteiger charge is -2.18. The van der Waals surface area contributed by atoms with Crippen molar-refractivity contribution in [3.63, 3.8) is 0 Å². The molecule has 0 aliphatic heterocycles. The van der Waals surface area contributed by atoms with Crippen LogP contribution in [0.3, 0.4) is 0 Å². The number of halogens is 2. The van der Waals surface area contributed by atoms with Crippen molar-refractivity contribution in [1.82, 2.24) is 0 Å². The number of benzene rings is 1. The Labute approximate surface area is 109 Å². The van der Waals surface area contributed by atoms with Crippen molar-refractivity contribution in [2.24, 2.45) is 0 Å². The van der Waals surface area contributed by atoms with Gasteiger partial charge in [-0.1, -0.05) is 11.6 Å². The van der Waals surface area contributed by atoms with Gasteiger partial charge in [0.05, 0.1) is 19.1 Å². The summed E-state index contributed by atoms with van der Waals surface area (Å²) >= 11 is 5.78. The van der Waals surface area contributed by atoms with Gasteiger partial charge in [0.1, 0.15) is 11.9 Å². The number of rotatable bonds is 5. The van der Waals surface area contributed by atoms with E-state index >= 15 is 0 Å². The van der Waals surface area contributed by atoms with Crippen LogP contribution in [0.4, 0.5) is 4.39 Å². The molecule has 0 aliphatic carbocycles. The smallest absolute Gasteiger partial charge is 0.308 e. The molecule has 1 aromatic rings. The largest absolute Gasteiger partial charge is 0.466 e. The van der Waals surface area contributed by atoms with E-state index in [4.69, 9.17) is 11.6 Å². The Morgan fingerprint density at radius 3 is 2.78 bits per heavy atom. The normalized spacial score (nSPS) is 14.1. The molecule has 4 nitrogen and oxygen atoms in total. The second-order valence-corrected chi connectivity index (χ2v) is 4.09. The molecule has 6 heteroatoms. The molecule has 2 atom stereocenters. The Morgan fingerprint density at radius 2 is 2.17 bits per heavy atom. The molecular formula is C12H14ClFO4. The minimum absolute atomic E-state index is 0.0356. The number of aliphatic hydroxyl groups excluding tert-OH is 2. The van der Waals surface area contributed by atoms with Crippen molar-refractivity contribution in [3.05, 3.63) is 34.6 Å². The van der Waals surface area contributed by atoms with Crippen molar-refractivity contribution in [3.8, 4) is 0 Å². The Kier molecular flexibility index (Phi) is 5.53. The lowest BCUT2D eigenvalue weighted by molar-refractivity contribution is -0.147. The topological polar surface area (TPSA) is 66.8 Å². The van der Waals surface area contributed by atoms with Gasteiger partial charge in [-0.15, -0.1) is 0 Å². The Morgan fingerprint density at radius 1 is 1.50 bits per heavy atom. The fraction of sp³-hybridized carbons (Fsp3) is 0.417. The molecule has 1 aromatic carbocycles. The molecule has 18 heavy (non-hydrogen) atoms. The summed E-state index contributed by atoms with van der Waals surface area (Å²) in [6.45, 7) is 1.81. The molecule has 2 N–H and O–H groups in total. The minimum atomic E-state index is -1.45. The fourth-order valence-corrected chi connectivity index (χ4v) is 1.68. The fourth-order valence-electron chi connectivity index (χ4n) is 1.45. The number of carbonyl (C=O) groups excluding carboxylic acids is 1. The molecule has 1 rings (SSSR count). The summed E-state index contributed by atoms with van der Waals surface area (Å²) in [6.07, 6.45) is -3.23. The number of hydrogen-bond acceptors (Lipinski definition) is 4. The zero-order valence-electron chi connectivity index (χ0n) is 9.77. The second kappa shape index (κ2) is 6.68. The highest BCUT2D eigenvalue weighted by Crippen LogP contribution is 2.27. The van der Waals surface area contributed by atoms with E-state index in [1.807, 2.05) is 0 Å². The van der Waals surface area contributed by atoms with Crippen molar-refractivity contribution in [2.45, 2.75) is 25.6 Å². The first-order chi connectivity index (χ1) is 8.45. The number of hydrogen-bond donors (Lipinski definition) is 2. The standard InChI is InChI=1S/C12H14ClFO4/c1-2-18-11(16)6-10(15)12(17)8-5-7(14)3-4-9(8)13/h3-5,10,12,15,17H,2,6H2,1H3. The van der Waals surface area contributed by atoms with E-state index in [1.165, 1.54) is 6.07 Å². The molecule has 0 bridgehead atoms. The van der Waals surface area contributed by atoms with E-state index in [-0.39, 0.29) is 23.6 Å². The first kappa shape index (κ1) is 14.9. The molecule has 0 saturated carbocycles. The van der Waals surface area contributed by atoms with Crippen LogP contribution in [0.5, 0.6) is 0 Å². The molecule has 0 spiro atoms. The predicted octanol–water partition coefficient (Wildman–Crippen LogP) is 1.83. The first-order valence-corrected chi connectivity index (χ1v) is 5.80. The van der Waals surface area contributed by atoms with Gasteiger partial charge in [0.25, 0.3) is 0 Å². The molecule has 100 valence electrons. The van der Waals surface area contributed by atoms with Crippen LogP contribution in [0, 0.1) is 5.82 Å². The summed E-state index contributed by atoms with van der Waals surface area (Å²) in [5, 5.41) is 19.6. The van der Waals surface area contributed by atoms with Gasteiger partial charge in [-0.2, -0.15) is 0 Å². The summed E-state index contributed by atoms with van der Waals surface area (Å²) in [4.78, 5) is 11.1. The number of carbonyl (C=O) groups is 1. The van der Waals surface area contributed by atoms with Crippen LogP contribution in [0.25, 0.3) is 0 Å². The third-order valence-electron chi connectivity index (χ3n) is 2.32. The van der Waals surface area contributed by atoms with E-state index in [9.17, 15) is 19.4 Å². The van der Waals surface area contributed by atoms with Gasteiger partial charge in [0.15, 0.2) is 0 Å². The van der Waals surface area contributed by atoms with Crippen LogP contribution in [0.1, 0.15) is 25.0 Å². The van der Waals surface area contributed by atoms with E-state index in [2.05, 4.69) is 4.74 Å². The summed E-state index contributed by atoms with van der Waals surface area (Å²) < 4.78 is 17.6. The lowest BCUT2D eigenvalue weighted by Crippen LogP contribution is -2.23. The summed E-state index contributed by atoms with van der Waals surface area (Å²) in [5.74, 6) is -1.23. The van der Waals surface area contributed by atoms with Gasteiger partial charge in [-0.25, -0.2) is 4.39 Å². The molecule has 0 saturated heterocycles. The van der Waals surface area contributed by atoms with Crippen LogP contribution < -0.4 is 0 Å². The van der Waals surface area contributed by atoms with Crippen LogP contribution in [0.2, 0.25) is 5.02 Å². The molecule has 0 radical (unpaired) electrons. The van der Waals surface area contributed by atoms with Crippen LogP contribution in [-0.4, -0.2) is 28.9 Å². The molecule has 0 aromatic heterocycles. The van der Waals surface area contributed by atoms with Gasteiger partial charge >= 0.3 is 5.97 Å². The number of aliphatic hydroxyl groups is 2. The first-order valence-electron chi connectivity index (χ1n) is 5.42. The summed E-state index contributed by atoms with van der Waals surface area (Å²) in [6, 6.07) is 3.42. The molecule has 0 fully saturated rings. The monoisotopic (exact) mass is 276 g/mol. The number of ether oxygens (including phenoxy) is 1. The highest BCUT2D eigenvalue weighted by Gasteiger charge is 2.24.